The van der Waals surface area contributed by atoms with Crippen LogP contribution in [0.25, 0.3) is 10.9 Å². The van der Waals surface area contributed by atoms with Crippen molar-refractivity contribution in [3.05, 3.63) is 76.3 Å². The second-order valence-electron chi connectivity index (χ2n) is 5.92. The maximum absolute atomic E-state index is 12.6. The van der Waals surface area contributed by atoms with Crippen LogP contribution in [0.5, 0.6) is 0 Å². The number of carbonyl (C=O) groups is 1. The SMILES string of the molecule is CC[C@@H](C(=O)O[C@@H](C)c1nc2ccccc2c(=O)[nH]1)c1ccccc1. The number of carbonyl (C=O) groups excluding carboxylic acids is 1. The number of fused-ring (bicyclic) bond motifs is 1. The van der Waals surface area contributed by atoms with Gasteiger partial charge < -0.3 is 9.72 Å². The number of nitrogens with one attached hydrogen (secondary N) is 1. The molecule has 0 aliphatic rings. The molecule has 0 amide bonds. The van der Waals surface area contributed by atoms with E-state index in [1.165, 1.54) is 0 Å². The standard InChI is InChI=1S/C20H20N2O3/c1-3-15(14-9-5-4-6-10-14)20(24)25-13(2)18-21-17-12-8-7-11-16(17)19(23)22-18/h4-13,15H,3H2,1-2H3,(H,21,22,23)/t13-,15+/m0/s1. The zero-order valence-corrected chi connectivity index (χ0v) is 14.2. The van der Waals surface area contributed by atoms with Crippen LogP contribution < -0.4 is 5.56 Å². The van der Waals surface area contributed by atoms with Gasteiger partial charge in [0.15, 0.2) is 11.9 Å². The van der Waals surface area contributed by atoms with Gasteiger partial charge >= 0.3 is 5.97 Å². The highest BCUT2D eigenvalue weighted by Gasteiger charge is 2.23. The quantitative estimate of drug-likeness (QED) is 0.721. The van der Waals surface area contributed by atoms with Gasteiger partial charge in [0, 0.05) is 0 Å². The van der Waals surface area contributed by atoms with Crippen molar-refractivity contribution in [3.8, 4) is 0 Å². The van der Waals surface area contributed by atoms with Crippen molar-refractivity contribution >= 4 is 16.9 Å². The molecule has 0 radical (unpaired) electrons. The Balaban J connectivity index is 1.83. The summed E-state index contributed by atoms with van der Waals surface area (Å²) in [5.74, 6) is -0.312. The van der Waals surface area contributed by atoms with Gasteiger partial charge in [0.1, 0.15) is 0 Å². The normalized spacial score (nSPS) is 13.4. The summed E-state index contributed by atoms with van der Waals surface area (Å²) in [6, 6.07) is 16.6. The minimum absolute atomic E-state index is 0.237. The van der Waals surface area contributed by atoms with Gasteiger partial charge in [-0.25, -0.2) is 4.98 Å². The molecule has 0 spiro atoms. The number of para-hydroxylation sites is 1. The second-order valence-corrected chi connectivity index (χ2v) is 5.92. The van der Waals surface area contributed by atoms with Gasteiger partial charge in [0.2, 0.25) is 0 Å². The van der Waals surface area contributed by atoms with Crippen LogP contribution in [0, 0.1) is 0 Å². The Morgan fingerprint density at radius 3 is 2.52 bits per heavy atom. The first-order valence-corrected chi connectivity index (χ1v) is 8.34. The van der Waals surface area contributed by atoms with E-state index in [1.54, 1.807) is 25.1 Å². The van der Waals surface area contributed by atoms with Gasteiger partial charge in [-0.2, -0.15) is 0 Å². The minimum atomic E-state index is -0.637. The number of aromatic amines is 1. The molecule has 1 heterocycles. The van der Waals surface area contributed by atoms with Crippen molar-refractivity contribution in [3.63, 3.8) is 0 Å². The first kappa shape index (κ1) is 16.9. The lowest BCUT2D eigenvalue weighted by molar-refractivity contribution is -0.151. The third-order valence-corrected chi connectivity index (χ3v) is 4.20. The Kier molecular flexibility index (Phi) is 4.93. The number of ether oxygens (including phenoxy) is 1. The van der Waals surface area contributed by atoms with Crippen LogP contribution in [-0.2, 0) is 9.53 Å². The minimum Gasteiger partial charge on any atom is -0.454 e. The van der Waals surface area contributed by atoms with Crippen LogP contribution in [0.3, 0.4) is 0 Å². The lowest BCUT2D eigenvalue weighted by Gasteiger charge is -2.18. The van der Waals surface area contributed by atoms with Gasteiger partial charge in [0.05, 0.1) is 16.8 Å². The molecule has 25 heavy (non-hydrogen) atoms. The van der Waals surface area contributed by atoms with Crippen LogP contribution in [0.2, 0.25) is 0 Å². The molecule has 2 atom stereocenters. The molecule has 3 rings (SSSR count). The van der Waals surface area contributed by atoms with Crippen molar-refractivity contribution in [1.82, 2.24) is 9.97 Å². The molecule has 0 aliphatic carbocycles. The number of aromatic nitrogens is 2. The molecule has 1 aromatic heterocycles. The van der Waals surface area contributed by atoms with Crippen LogP contribution >= 0.6 is 0 Å². The van der Waals surface area contributed by atoms with Gasteiger partial charge in [0.25, 0.3) is 5.56 Å². The van der Waals surface area contributed by atoms with Gasteiger partial charge in [-0.05, 0) is 31.0 Å². The summed E-state index contributed by atoms with van der Waals surface area (Å²) in [7, 11) is 0. The molecule has 128 valence electrons. The van der Waals surface area contributed by atoms with Crippen molar-refractivity contribution in [2.45, 2.75) is 32.3 Å². The van der Waals surface area contributed by atoms with Crippen molar-refractivity contribution in [2.24, 2.45) is 0 Å². The Hall–Kier alpha value is -2.95. The van der Waals surface area contributed by atoms with Gasteiger partial charge in [-0.1, -0.05) is 49.4 Å². The predicted molar refractivity (Wildman–Crippen MR) is 96.3 cm³/mol. The van der Waals surface area contributed by atoms with E-state index in [1.807, 2.05) is 43.3 Å². The summed E-state index contributed by atoms with van der Waals surface area (Å²) >= 11 is 0. The molecule has 2 aromatic carbocycles. The monoisotopic (exact) mass is 336 g/mol. The second kappa shape index (κ2) is 7.30. The molecular weight excluding hydrogens is 316 g/mol. The Labute approximate surface area is 145 Å². The highest BCUT2D eigenvalue weighted by molar-refractivity contribution is 5.79. The highest BCUT2D eigenvalue weighted by atomic mass is 16.5. The van der Waals surface area contributed by atoms with Gasteiger partial charge in [-0.3, -0.25) is 9.59 Å². The topological polar surface area (TPSA) is 72.0 Å². The number of rotatable bonds is 5. The molecule has 0 bridgehead atoms. The highest BCUT2D eigenvalue weighted by Crippen LogP contribution is 2.24. The number of H-pyrrole nitrogens is 1. The van der Waals surface area contributed by atoms with Gasteiger partial charge in [-0.15, -0.1) is 0 Å². The van der Waals surface area contributed by atoms with Crippen molar-refractivity contribution < 1.29 is 9.53 Å². The Morgan fingerprint density at radius 1 is 1.12 bits per heavy atom. The third-order valence-electron chi connectivity index (χ3n) is 4.20. The zero-order valence-electron chi connectivity index (χ0n) is 14.2. The zero-order chi connectivity index (χ0) is 17.8. The van der Waals surface area contributed by atoms with Crippen LogP contribution in [0.1, 0.15) is 43.7 Å². The largest absolute Gasteiger partial charge is 0.454 e. The van der Waals surface area contributed by atoms with E-state index in [9.17, 15) is 9.59 Å². The molecule has 5 heteroatoms. The average molecular weight is 336 g/mol. The maximum Gasteiger partial charge on any atom is 0.314 e. The summed E-state index contributed by atoms with van der Waals surface area (Å²) in [6.45, 7) is 3.66. The third kappa shape index (κ3) is 3.60. The number of benzene rings is 2. The van der Waals surface area contributed by atoms with Crippen molar-refractivity contribution in [1.29, 1.82) is 0 Å². The molecule has 5 nitrogen and oxygen atoms in total. The number of hydrogen-bond donors (Lipinski definition) is 1. The van der Waals surface area contributed by atoms with E-state index in [4.69, 9.17) is 4.74 Å². The Bertz CT molecular complexity index is 934. The molecule has 0 fully saturated rings. The lowest BCUT2D eigenvalue weighted by Crippen LogP contribution is -2.21. The van der Waals surface area contributed by atoms with Crippen LogP contribution in [0.15, 0.2) is 59.4 Å². The molecule has 0 aliphatic heterocycles. The average Bonchev–Trinajstić information content (AvgIpc) is 2.63. The number of hydrogen-bond acceptors (Lipinski definition) is 4. The van der Waals surface area contributed by atoms with E-state index < -0.39 is 6.10 Å². The summed E-state index contributed by atoms with van der Waals surface area (Å²) in [5.41, 5.74) is 1.26. The molecular formula is C20H20N2O3. The molecule has 0 saturated heterocycles. The maximum atomic E-state index is 12.6. The number of nitrogens with zero attached hydrogens (tertiary/aromatic N) is 1. The Morgan fingerprint density at radius 2 is 1.80 bits per heavy atom. The fraction of sp³-hybridized carbons (Fsp3) is 0.250. The fourth-order valence-corrected chi connectivity index (χ4v) is 2.83. The van der Waals surface area contributed by atoms with Crippen LogP contribution in [-0.4, -0.2) is 15.9 Å². The summed E-state index contributed by atoms with van der Waals surface area (Å²) < 4.78 is 5.58. The molecule has 1 N–H and O–H groups in total. The van der Waals surface area contributed by atoms with Crippen molar-refractivity contribution in [2.75, 3.05) is 0 Å². The molecule has 0 saturated carbocycles. The van der Waals surface area contributed by atoms with E-state index in [2.05, 4.69) is 9.97 Å². The van der Waals surface area contributed by atoms with E-state index in [0.717, 1.165) is 5.56 Å². The van der Waals surface area contributed by atoms with E-state index in [0.29, 0.717) is 23.1 Å². The first-order valence-electron chi connectivity index (χ1n) is 8.34. The fourth-order valence-electron chi connectivity index (χ4n) is 2.83. The summed E-state index contributed by atoms with van der Waals surface area (Å²) in [6.07, 6.45) is -0.000365. The predicted octanol–water partition coefficient (Wildman–Crippen LogP) is 3.72. The number of esters is 1. The lowest BCUT2D eigenvalue weighted by atomic mass is 9.97. The van der Waals surface area contributed by atoms with Crippen LogP contribution in [0.4, 0.5) is 0 Å². The molecule has 0 unspecified atom stereocenters. The van der Waals surface area contributed by atoms with E-state index >= 15 is 0 Å². The first-order chi connectivity index (χ1) is 12.1. The summed E-state index contributed by atoms with van der Waals surface area (Å²) in [4.78, 5) is 31.9. The molecule has 3 aromatic rings. The van der Waals surface area contributed by atoms with E-state index in [-0.39, 0.29) is 17.4 Å². The smallest absolute Gasteiger partial charge is 0.314 e. The summed E-state index contributed by atoms with van der Waals surface area (Å²) in [5, 5.41) is 0.514.